The Morgan fingerprint density at radius 3 is 2.65 bits per heavy atom. The lowest BCUT2D eigenvalue weighted by Crippen LogP contribution is -2.35. The number of carboxylic acid groups (broad SMARTS) is 1. The molecule has 0 aliphatic carbocycles. The van der Waals surface area contributed by atoms with Crippen LogP contribution in [0.1, 0.15) is 23.0 Å². The molecule has 0 saturated heterocycles. The minimum Gasteiger partial charge on any atom is -0.480 e. The fourth-order valence-electron chi connectivity index (χ4n) is 2.00. The van der Waals surface area contributed by atoms with Crippen LogP contribution in [0, 0.1) is 6.92 Å². The standard InChI is InChI=1S/C14H14BrNO4/c1-3-16(7-12(17)18)14(19)11-6-9-4-8(2)5-10(15)13(9)20-11/h4-6H,3,7H2,1-2H3,(H,17,18). The molecule has 0 atom stereocenters. The SMILES string of the molecule is CCN(CC(=O)O)C(=O)c1cc2cc(C)cc(Br)c2o1. The van der Waals surface area contributed by atoms with E-state index < -0.39 is 11.9 Å². The van der Waals surface area contributed by atoms with Gasteiger partial charge in [-0.25, -0.2) is 0 Å². The molecule has 0 radical (unpaired) electrons. The predicted molar refractivity (Wildman–Crippen MR) is 77.9 cm³/mol. The summed E-state index contributed by atoms with van der Waals surface area (Å²) in [6, 6.07) is 5.45. The van der Waals surface area contributed by atoms with Crippen molar-refractivity contribution in [2.45, 2.75) is 13.8 Å². The van der Waals surface area contributed by atoms with Crippen LogP contribution >= 0.6 is 15.9 Å². The quantitative estimate of drug-likeness (QED) is 0.929. The van der Waals surface area contributed by atoms with E-state index >= 15 is 0 Å². The van der Waals surface area contributed by atoms with E-state index in [1.54, 1.807) is 13.0 Å². The highest BCUT2D eigenvalue weighted by Gasteiger charge is 2.21. The van der Waals surface area contributed by atoms with Gasteiger partial charge in [0, 0.05) is 11.9 Å². The Bertz CT molecular complexity index is 677. The number of halogens is 1. The molecule has 1 heterocycles. The molecule has 1 amide bonds. The van der Waals surface area contributed by atoms with Crippen LogP contribution in [0.4, 0.5) is 0 Å². The molecular weight excluding hydrogens is 326 g/mol. The van der Waals surface area contributed by atoms with Gasteiger partial charge in [-0.2, -0.15) is 0 Å². The minimum absolute atomic E-state index is 0.148. The van der Waals surface area contributed by atoms with Crippen LogP contribution in [-0.2, 0) is 4.79 Å². The average Bonchev–Trinajstić information content (AvgIpc) is 2.78. The summed E-state index contributed by atoms with van der Waals surface area (Å²) in [5.74, 6) is -1.32. The zero-order valence-corrected chi connectivity index (χ0v) is 12.7. The molecule has 6 heteroatoms. The van der Waals surface area contributed by atoms with Gasteiger partial charge < -0.3 is 14.4 Å². The Kier molecular flexibility index (Phi) is 4.13. The van der Waals surface area contributed by atoms with Gasteiger partial charge in [0.05, 0.1) is 4.47 Å². The van der Waals surface area contributed by atoms with Crippen LogP contribution < -0.4 is 0 Å². The van der Waals surface area contributed by atoms with Gasteiger partial charge in [-0.05, 0) is 53.5 Å². The molecule has 0 unspecified atom stereocenters. The fraction of sp³-hybridized carbons (Fsp3) is 0.286. The number of nitrogens with zero attached hydrogens (tertiary/aromatic N) is 1. The first-order valence-corrected chi connectivity index (χ1v) is 6.92. The van der Waals surface area contributed by atoms with Gasteiger partial charge in [0.15, 0.2) is 5.76 Å². The summed E-state index contributed by atoms with van der Waals surface area (Å²) in [6.07, 6.45) is 0. The predicted octanol–water partition coefficient (Wildman–Crippen LogP) is 3.05. The number of aryl methyl sites for hydroxylation is 1. The highest BCUT2D eigenvalue weighted by Crippen LogP contribution is 2.29. The van der Waals surface area contributed by atoms with Crippen molar-refractivity contribution in [3.63, 3.8) is 0 Å². The smallest absolute Gasteiger partial charge is 0.323 e. The van der Waals surface area contributed by atoms with Gasteiger partial charge in [-0.3, -0.25) is 9.59 Å². The van der Waals surface area contributed by atoms with Crippen LogP contribution in [0.5, 0.6) is 0 Å². The van der Waals surface area contributed by atoms with Crippen molar-refractivity contribution in [3.8, 4) is 0 Å². The third kappa shape index (κ3) is 2.85. The molecule has 0 aliphatic rings. The van der Waals surface area contributed by atoms with Gasteiger partial charge in [0.1, 0.15) is 12.1 Å². The van der Waals surface area contributed by atoms with Crippen LogP contribution in [-0.4, -0.2) is 35.0 Å². The summed E-state index contributed by atoms with van der Waals surface area (Å²) in [4.78, 5) is 24.2. The maximum Gasteiger partial charge on any atom is 0.323 e. The Morgan fingerprint density at radius 1 is 1.35 bits per heavy atom. The average molecular weight is 340 g/mol. The topological polar surface area (TPSA) is 70.8 Å². The number of carbonyl (C=O) groups is 2. The van der Waals surface area contributed by atoms with Gasteiger partial charge in [-0.15, -0.1) is 0 Å². The lowest BCUT2D eigenvalue weighted by Gasteiger charge is -2.16. The van der Waals surface area contributed by atoms with Gasteiger partial charge >= 0.3 is 5.97 Å². The summed E-state index contributed by atoms with van der Waals surface area (Å²) in [6.45, 7) is 3.64. The van der Waals surface area contributed by atoms with Crippen molar-refractivity contribution < 1.29 is 19.1 Å². The first kappa shape index (κ1) is 14.6. The van der Waals surface area contributed by atoms with Crippen LogP contribution in [0.25, 0.3) is 11.0 Å². The van der Waals surface area contributed by atoms with E-state index in [-0.39, 0.29) is 12.3 Å². The molecule has 0 aliphatic heterocycles. The Hall–Kier alpha value is -1.82. The number of hydrogen-bond acceptors (Lipinski definition) is 3. The number of amides is 1. The zero-order valence-electron chi connectivity index (χ0n) is 11.1. The third-order valence-corrected chi connectivity index (χ3v) is 3.51. The lowest BCUT2D eigenvalue weighted by atomic mass is 10.2. The molecule has 5 nitrogen and oxygen atoms in total. The minimum atomic E-state index is -1.05. The largest absolute Gasteiger partial charge is 0.480 e. The molecule has 1 aromatic carbocycles. The molecule has 1 N–H and O–H groups in total. The fourth-order valence-corrected chi connectivity index (χ4v) is 2.67. The second-order valence-corrected chi connectivity index (χ2v) is 5.34. The molecule has 2 rings (SSSR count). The number of rotatable bonds is 4. The number of benzene rings is 1. The normalized spacial score (nSPS) is 10.8. The maximum absolute atomic E-state index is 12.2. The lowest BCUT2D eigenvalue weighted by molar-refractivity contribution is -0.137. The number of furan rings is 1. The summed E-state index contributed by atoms with van der Waals surface area (Å²) in [5.41, 5.74) is 1.63. The highest BCUT2D eigenvalue weighted by molar-refractivity contribution is 9.10. The maximum atomic E-state index is 12.2. The molecule has 2 aromatic rings. The van der Waals surface area contributed by atoms with Crippen LogP contribution in [0.15, 0.2) is 27.1 Å². The Morgan fingerprint density at radius 2 is 2.05 bits per heavy atom. The van der Waals surface area contributed by atoms with Crippen molar-refractivity contribution >= 4 is 38.8 Å². The molecule has 106 valence electrons. The van der Waals surface area contributed by atoms with E-state index in [1.807, 2.05) is 19.1 Å². The molecule has 0 bridgehead atoms. The number of fused-ring (bicyclic) bond motifs is 1. The Labute approximate surface area is 124 Å². The summed E-state index contributed by atoms with van der Waals surface area (Å²) in [7, 11) is 0. The van der Waals surface area contributed by atoms with Gasteiger partial charge in [-0.1, -0.05) is 0 Å². The number of carbonyl (C=O) groups excluding carboxylic acids is 1. The molecule has 20 heavy (non-hydrogen) atoms. The molecule has 0 saturated carbocycles. The molecular formula is C14H14BrNO4. The highest BCUT2D eigenvalue weighted by atomic mass is 79.9. The second-order valence-electron chi connectivity index (χ2n) is 4.49. The number of aliphatic carboxylic acids is 1. The second kappa shape index (κ2) is 5.66. The number of likely N-dealkylation sites (N-methyl/N-ethyl adjacent to an activating group) is 1. The van der Waals surface area contributed by atoms with E-state index in [9.17, 15) is 9.59 Å². The van der Waals surface area contributed by atoms with E-state index in [0.29, 0.717) is 12.1 Å². The first-order chi connectivity index (χ1) is 9.42. The van der Waals surface area contributed by atoms with Gasteiger partial charge in [0.2, 0.25) is 0 Å². The molecule has 0 fully saturated rings. The van der Waals surface area contributed by atoms with Crippen molar-refractivity contribution in [3.05, 3.63) is 34.0 Å². The van der Waals surface area contributed by atoms with E-state index in [1.165, 1.54) is 4.90 Å². The van der Waals surface area contributed by atoms with E-state index in [2.05, 4.69) is 15.9 Å². The number of hydrogen-bond donors (Lipinski definition) is 1. The van der Waals surface area contributed by atoms with Crippen molar-refractivity contribution in [1.82, 2.24) is 4.90 Å². The van der Waals surface area contributed by atoms with E-state index in [0.717, 1.165) is 15.4 Å². The van der Waals surface area contributed by atoms with Crippen molar-refractivity contribution in [1.29, 1.82) is 0 Å². The molecule has 0 spiro atoms. The molecule has 1 aromatic heterocycles. The monoisotopic (exact) mass is 339 g/mol. The van der Waals surface area contributed by atoms with Crippen LogP contribution in [0.3, 0.4) is 0 Å². The third-order valence-electron chi connectivity index (χ3n) is 2.92. The zero-order chi connectivity index (χ0) is 14.9. The van der Waals surface area contributed by atoms with E-state index in [4.69, 9.17) is 9.52 Å². The number of carboxylic acids is 1. The summed E-state index contributed by atoms with van der Waals surface area (Å²) in [5, 5.41) is 9.61. The summed E-state index contributed by atoms with van der Waals surface area (Å²) < 4.78 is 6.32. The first-order valence-electron chi connectivity index (χ1n) is 6.13. The summed E-state index contributed by atoms with van der Waals surface area (Å²) >= 11 is 3.39. The Balaban J connectivity index is 2.39. The van der Waals surface area contributed by atoms with Crippen LogP contribution in [0.2, 0.25) is 0 Å². The van der Waals surface area contributed by atoms with Gasteiger partial charge in [0.25, 0.3) is 5.91 Å². The van der Waals surface area contributed by atoms with Crippen molar-refractivity contribution in [2.24, 2.45) is 0 Å². The van der Waals surface area contributed by atoms with Crippen molar-refractivity contribution in [2.75, 3.05) is 13.1 Å².